The van der Waals surface area contributed by atoms with Gasteiger partial charge in [-0.05, 0) is 62.2 Å². The van der Waals surface area contributed by atoms with Crippen LogP contribution >= 0.6 is 0 Å². The molecular weight excluding hydrogens is 306 g/mol. The number of hydrogen-bond donors (Lipinski definition) is 0. The molecule has 4 rings (SSSR count). The fourth-order valence-corrected chi connectivity index (χ4v) is 5.43. The number of hydrogen-bond acceptors (Lipinski definition) is 4. The lowest BCUT2D eigenvalue weighted by Crippen LogP contribution is -2.59. The van der Waals surface area contributed by atoms with Crippen molar-refractivity contribution in [2.75, 3.05) is 6.61 Å². The Bertz CT molecular complexity index is 449. The number of rotatable bonds is 6. The maximum absolute atomic E-state index is 12.1. The Kier molecular flexibility index (Phi) is 4.61. The average molecular weight is 330 g/mol. The summed E-state index contributed by atoms with van der Waals surface area (Å²) >= 11 is 0. The summed E-state index contributed by atoms with van der Waals surface area (Å²) in [5.74, 6) is -0.130. The lowest BCUT2D eigenvalue weighted by atomic mass is 9.49. The maximum atomic E-state index is 12.1. The minimum Gasteiger partial charge on any atom is -0.456 e. The van der Waals surface area contributed by atoms with Crippen molar-refractivity contribution < 1.29 is 27.8 Å². The molecule has 0 aromatic rings. The molecule has 4 aliphatic rings. The minimum atomic E-state index is -3.21. The van der Waals surface area contributed by atoms with Gasteiger partial charge in [0, 0.05) is 0 Å². The van der Waals surface area contributed by atoms with E-state index in [0.717, 1.165) is 50.4 Å². The summed E-state index contributed by atoms with van der Waals surface area (Å²) in [6.45, 7) is 1.35. The molecule has 23 heavy (non-hydrogen) atoms. The third-order valence-corrected chi connectivity index (χ3v) is 5.98. The van der Waals surface area contributed by atoms with E-state index in [1.807, 2.05) is 0 Å². The minimum absolute atomic E-state index is 0.369. The van der Waals surface area contributed by atoms with Crippen molar-refractivity contribution in [3.05, 3.63) is 0 Å². The first kappa shape index (κ1) is 16.7. The largest absolute Gasteiger partial charge is 0.456 e. The van der Waals surface area contributed by atoms with Crippen molar-refractivity contribution in [2.45, 2.75) is 63.9 Å². The highest BCUT2D eigenvalue weighted by atomic mass is 19.3. The van der Waals surface area contributed by atoms with Gasteiger partial charge in [0.1, 0.15) is 5.60 Å². The van der Waals surface area contributed by atoms with Gasteiger partial charge < -0.3 is 9.47 Å². The molecule has 4 saturated carbocycles. The topological polar surface area (TPSA) is 52.6 Å². The molecule has 130 valence electrons. The third kappa shape index (κ3) is 3.09. The molecule has 0 heterocycles. The van der Waals surface area contributed by atoms with Crippen molar-refractivity contribution in [2.24, 2.45) is 23.7 Å². The molecule has 4 nitrogen and oxygen atoms in total. The lowest BCUT2D eigenvalue weighted by Gasteiger charge is -2.60. The van der Waals surface area contributed by atoms with Crippen LogP contribution in [-0.4, -0.2) is 30.6 Å². The highest BCUT2D eigenvalue weighted by molar-refractivity contribution is 5.78. The van der Waals surface area contributed by atoms with Crippen LogP contribution in [0.5, 0.6) is 0 Å². The van der Waals surface area contributed by atoms with Gasteiger partial charge in [-0.2, -0.15) is 8.78 Å². The molecule has 0 aromatic carbocycles. The van der Waals surface area contributed by atoms with Crippen molar-refractivity contribution in [1.82, 2.24) is 0 Å². The first-order valence-electron chi connectivity index (χ1n) is 8.61. The summed E-state index contributed by atoms with van der Waals surface area (Å²) in [5.41, 5.74) is -0.476. The van der Waals surface area contributed by atoms with E-state index >= 15 is 0 Å². The average Bonchev–Trinajstić information content (AvgIpc) is 2.49. The van der Waals surface area contributed by atoms with E-state index in [0.29, 0.717) is 11.8 Å². The zero-order valence-electron chi connectivity index (χ0n) is 13.4. The fraction of sp³-hybridized carbons (Fsp3) is 0.882. The van der Waals surface area contributed by atoms with Crippen LogP contribution in [0, 0.1) is 23.7 Å². The Balaban J connectivity index is 1.67. The van der Waals surface area contributed by atoms with Crippen LogP contribution in [0.1, 0.15) is 51.9 Å². The van der Waals surface area contributed by atoms with E-state index in [1.54, 1.807) is 0 Å². The van der Waals surface area contributed by atoms with Crippen LogP contribution < -0.4 is 0 Å². The zero-order valence-corrected chi connectivity index (χ0v) is 13.4. The quantitative estimate of drug-likeness (QED) is 0.701. The van der Waals surface area contributed by atoms with Gasteiger partial charge in [-0.3, -0.25) is 0 Å². The Labute approximate surface area is 134 Å². The zero-order chi connectivity index (χ0) is 16.6. The van der Waals surface area contributed by atoms with E-state index in [-0.39, 0.29) is 0 Å². The number of carbonyl (C=O) groups is 2. The highest BCUT2D eigenvalue weighted by Gasteiger charge is 2.58. The fourth-order valence-electron chi connectivity index (χ4n) is 5.43. The van der Waals surface area contributed by atoms with Crippen molar-refractivity contribution >= 4 is 11.9 Å². The Morgan fingerprint density at radius 3 is 2.13 bits per heavy atom. The Morgan fingerprint density at radius 2 is 1.65 bits per heavy atom. The predicted octanol–water partition coefficient (Wildman–Crippen LogP) is 3.33. The lowest BCUT2D eigenvalue weighted by molar-refractivity contribution is -0.216. The summed E-state index contributed by atoms with van der Waals surface area (Å²) < 4.78 is 34.4. The molecule has 0 N–H and O–H groups in total. The van der Waals surface area contributed by atoms with Crippen molar-refractivity contribution in [3.8, 4) is 0 Å². The molecule has 0 atom stereocenters. The van der Waals surface area contributed by atoms with Gasteiger partial charge in [0.2, 0.25) is 0 Å². The summed E-state index contributed by atoms with van der Waals surface area (Å²) in [5, 5.41) is 0. The van der Waals surface area contributed by atoms with Gasteiger partial charge in [0.15, 0.2) is 6.61 Å². The standard InChI is InChI=1S/C17H24F2O4/c1-2-3-17(23-14(20)9-22-16(21)15(18)19)12-5-10-4-11(7-12)8-13(17)6-10/h10-13,15H,2-9H2,1H3. The molecule has 4 fully saturated rings. The number of halogens is 2. The van der Waals surface area contributed by atoms with Gasteiger partial charge in [-0.1, -0.05) is 13.3 Å². The van der Waals surface area contributed by atoms with Crippen LogP contribution in [0.3, 0.4) is 0 Å². The molecule has 0 saturated heterocycles. The second-order valence-electron chi connectivity index (χ2n) is 7.39. The predicted molar refractivity (Wildman–Crippen MR) is 77.7 cm³/mol. The van der Waals surface area contributed by atoms with Crippen LogP contribution in [0.25, 0.3) is 0 Å². The normalized spacial score (nSPS) is 37.9. The molecule has 0 aliphatic heterocycles. The Hall–Kier alpha value is -1.20. The molecule has 4 aliphatic carbocycles. The summed E-state index contributed by atoms with van der Waals surface area (Å²) in [6, 6.07) is 0. The monoisotopic (exact) mass is 330 g/mol. The molecule has 0 amide bonds. The maximum Gasteiger partial charge on any atom is 0.374 e. The number of alkyl halides is 2. The van der Waals surface area contributed by atoms with Crippen LogP contribution in [0.4, 0.5) is 8.78 Å². The smallest absolute Gasteiger partial charge is 0.374 e. The van der Waals surface area contributed by atoms with Crippen molar-refractivity contribution in [3.63, 3.8) is 0 Å². The molecule has 0 aromatic heterocycles. The van der Waals surface area contributed by atoms with E-state index < -0.39 is 30.6 Å². The second-order valence-corrected chi connectivity index (χ2v) is 7.39. The van der Waals surface area contributed by atoms with Crippen LogP contribution in [0.2, 0.25) is 0 Å². The van der Waals surface area contributed by atoms with Gasteiger partial charge >= 0.3 is 18.4 Å². The van der Waals surface area contributed by atoms with Gasteiger partial charge in [0.25, 0.3) is 0 Å². The molecule has 4 bridgehead atoms. The number of carbonyl (C=O) groups excluding carboxylic acids is 2. The van der Waals surface area contributed by atoms with E-state index in [4.69, 9.17) is 4.74 Å². The summed E-state index contributed by atoms with van der Waals surface area (Å²) in [7, 11) is 0. The van der Waals surface area contributed by atoms with Crippen LogP contribution in [-0.2, 0) is 19.1 Å². The number of esters is 2. The molecule has 0 unspecified atom stereocenters. The van der Waals surface area contributed by atoms with Crippen LogP contribution in [0.15, 0.2) is 0 Å². The van der Waals surface area contributed by atoms with E-state index in [1.165, 1.54) is 6.42 Å². The SMILES string of the molecule is CCCC1(OC(=O)COC(=O)C(F)F)C2CC3CC(C2)CC1C3. The Morgan fingerprint density at radius 1 is 1.09 bits per heavy atom. The molecule has 6 heteroatoms. The van der Waals surface area contributed by atoms with Gasteiger partial charge in [-0.25, -0.2) is 9.59 Å². The third-order valence-electron chi connectivity index (χ3n) is 5.98. The van der Waals surface area contributed by atoms with Crippen molar-refractivity contribution in [1.29, 1.82) is 0 Å². The number of ether oxygens (including phenoxy) is 2. The first-order chi connectivity index (χ1) is 10.9. The summed E-state index contributed by atoms with van der Waals surface area (Å²) in [4.78, 5) is 22.9. The van der Waals surface area contributed by atoms with E-state index in [9.17, 15) is 18.4 Å². The van der Waals surface area contributed by atoms with Gasteiger partial charge in [-0.15, -0.1) is 0 Å². The second kappa shape index (κ2) is 6.36. The van der Waals surface area contributed by atoms with E-state index in [2.05, 4.69) is 11.7 Å². The molecule has 0 spiro atoms. The highest BCUT2D eigenvalue weighted by Crippen LogP contribution is 2.60. The molecular formula is C17H24F2O4. The summed E-state index contributed by atoms with van der Waals surface area (Å²) in [6.07, 6.45) is 4.17. The molecule has 0 radical (unpaired) electrons. The van der Waals surface area contributed by atoms with Gasteiger partial charge in [0.05, 0.1) is 0 Å². The first-order valence-corrected chi connectivity index (χ1v) is 8.61.